The van der Waals surface area contributed by atoms with Crippen molar-refractivity contribution >= 4 is 27.0 Å². The molecule has 0 saturated carbocycles. The van der Waals surface area contributed by atoms with Crippen molar-refractivity contribution in [3.05, 3.63) is 47.7 Å². The van der Waals surface area contributed by atoms with Gasteiger partial charge in [-0.15, -0.1) is 11.3 Å². The molecule has 0 aliphatic carbocycles. The number of aryl methyl sites for hydroxylation is 1. The summed E-state index contributed by atoms with van der Waals surface area (Å²) in [5.74, 6) is 0. The number of aromatic nitrogens is 1. The van der Waals surface area contributed by atoms with Gasteiger partial charge < -0.3 is 4.42 Å². The summed E-state index contributed by atoms with van der Waals surface area (Å²) in [5.41, 5.74) is 4.72. The average molecular weight is 360 g/mol. The Hall–Kier alpha value is -2.12. The Kier molecular flexibility index (Phi) is 3.69. The number of fused-ring (bicyclic) bond motifs is 1. The zero-order valence-corrected chi connectivity index (χ0v) is 14.7. The Morgan fingerprint density at radius 2 is 2.12 bits per heavy atom. The third kappa shape index (κ3) is 2.74. The van der Waals surface area contributed by atoms with E-state index in [9.17, 15) is 8.42 Å². The van der Waals surface area contributed by atoms with E-state index in [0.29, 0.717) is 6.54 Å². The second-order valence-electron chi connectivity index (χ2n) is 5.83. The van der Waals surface area contributed by atoms with E-state index >= 15 is 0 Å². The van der Waals surface area contributed by atoms with Crippen LogP contribution in [0.2, 0.25) is 0 Å². The molecule has 0 fully saturated rings. The first kappa shape index (κ1) is 15.4. The summed E-state index contributed by atoms with van der Waals surface area (Å²) in [6, 6.07) is 7.78. The molecule has 7 heteroatoms. The molecule has 1 aliphatic heterocycles. The Morgan fingerprint density at radius 1 is 1.25 bits per heavy atom. The van der Waals surface area contributed by atoms with Gasteiger partial charge in [0, 0.05) is 23.1 Å². The number of rotatable bonds is 3. The first-order valence-electron chi connectivity index (χ1n) is 7.61. The predicted molar refractivity (Wildman–Crippen MR) is 95.8 cm³/mol. The lowest BCUT2D eigenvalue weighted by Gasteiger charge is -2.29. The molecule has 2 aromatic heterocycles. The zero-order valence-electron chi connectivity index (χ0n) is 13.1. The minimum atomic E-state index is -3.23. The summed E-state index contributed by atoms with van der Waals surface area (Å²) in [7, 11) is -3.23. The minimum Gasteiger partial charge on any atom is -0.472 e. The van der Waals surface area contributed by atoms with Crippen molar-refractivity contribution < 1.29 is 12.8 Å². The number of sulfonamides is 1. The Balaban J connectivity index is 1.71. The normalized spacial score (nSPS) is 14.6. The second-order valence-corrected chi connectivity index (χ2v) is 8.60. The third-order valence-corrected chi connectivity index (χ3v) is 6.20. The van der Waals surface area contributed by atoms with E-state index in [0.717, 1.165) is 45.9 Å². The lowest BCUT2D eigenvalue weighted by Crippen LogP contribution is -2.34. The van der Waals surface area contributed by atoms with Crippen LogP contribution in [-0.2, 0) is 16.4 Å². The molecule has 0 atom stereocenters. The molecule has 0 unspecified atom stereocenters. The molecule has 0 bridgehead atoms. The van der Waals surface area contributed by atoms with Gasteiger partial charge in [-0.05, 0) is 36.6 Å². The van der Waals surface area contributed by atoms with Gasteiger partial charge in [-0.25, -0.2) is 13.4 Å². The van der Waals surface area contributed by atoms with Crippen LogP contribution in [0.1, 0.15) is 12.0 Å². The monoisotopic (exact) mass is 360 g/mol. The van der Waals surface area contributed by atoms with Crippen LogP contribution in [0.25, 0.3) is 21.8 Å². The van der Waals surface area contributed by atoms with Crippen molar-refractivity contribution in [2.24, 2.45) is 0 Å². The summed E-state index contributed by atoms with van der Waals surface area (Å²) in [6.07, 6.45) is 6.29. The van der Waals surface area contributed by atoms with Crippen LogP contribution in [-0.4, -0.2) is 26.2 Å². The van der Waals surface area contributed by atoms with Crippen LogP contribution in [0.15, 0.2) is 46.6 Å². The molecule has 0 N–H and O–H groups in total. The maximum atomic E-state index is 11.9. The van der Waals surface area contributed by atoms with Crippen LogP contribution in [0.3, 0.4) is 0 Å². The number of hydrogen-bond donors (Lipinski definition) is 0. The largest absolute Gasteiger partial charge is 0.472 e. The number of nitrogens with zero attached hydrogens (tertiary/aromatic N) is 2. The summed E-state index contributed by atoms with van der Waals surface area (Å²) < 4.78 is 30.5. The van der Waals surface area contributed by atoms with E-state index in [-0.39, 0.29) is 0 Å². The standard InChI is InChI=1S/C17H16N2O3S2/c1-24(20,21)19-7-2-3-13-9-12(4-5-16(13)19)15-11-23-17(18-15)14-6-8-22-10-14/h4-6,8-11H,2-3,7H2,1H3. The molecule has 124 valence electrons. The average Bonchev–Trinajstić information content (AvgIpc) is 3.23. The van der Waals surface area contributed by atoms with E-state index < -0.39 is 10.0 Å². The topological polar surface area (TPSA) is 63.4 Å². The molecule has 3 heterocycles. The SMILES string of the molecule is CS(=O)(=O)N1CCCc2cc(-c3csc(-c4ccoc4)n3)ccc21. The predicted octanol–water partition coefficient (Wildman–Crippen LogP) is 3.78. The van der Waals surface area contributed by atoms with Crippen LogP contribution in [0, 0.1) is 0 Å². The maximum absolute atomic E-state index is 11.9. The van der Waals surface area contributed by atoms with Crippen LogP contribution >= 0.6 is 11.3 Å². The highest BCUT2D eigenvalue weighted by Gasteiger charge is 2.24. The molecule has 3 aromatic rings. The lowest BCUT2D eigenvalue weighted by atomic mass is 10.00. The van der Waals surface area contributed by atoms with E-state index in [1.807, 2.05) is 23.6 Å². The van der Waals surface area contributed by atoms with Crippen molar-refractivity contribution in [1.82, 2.24) is 4.98 Å². The summed E-state index contributed by atoms with van der Waals surface area (Å²) in [4.78, 5) is 4.67. The van der Waals surface area contributed by atoms with E-state index in [4.69, 9.17) is 4.42 Å². The van der Waals surface area contributed by atoms with Crippen LogP contribution < -0.4 is 4.31 Å². The van der Waals surface area contributed by atoms with Crippen molar-refractivity contribution in [2.75, 3.05) is 17.1 Å². The number of anilines is 1. The molecule has 4 rings (SSSR count). The van der Waals surface area contributed by atoms with Gasteiger partial charge in [0.25, 0.3) is 0 Å². The van der Waals surface area contributed by atoms with Gasteiger partial charge in [0.2, 0.25) is 10.0 Å². The van der Waals surface area contributed by atoms with Crippen molar-refractivity contribution in [3.8, 4) is 21.8 Å². The van der Waals surface area contributed by atoms with Gasteiger partial charge in [0.05, 0.1) is 23.9 Å². The number of hydrogen-bond acceptors (Lipinski definition) is 5. The lowest BCUT2D eigenvalue weighted by molar-refractivity contribution is 0.568. The summed E-state index contributed by atoms with van der Waals surface area (Å²) in [5, 5.41) is 2.93. The smallest absolute Gasteiger partial charge is 0.232 e. The fraction of sp³-hybridized carbons (Fsp3) is 0.235. The highest BCUT2D eigenvalue weighted by Crippen LogP contribution is 2.34. The Labute approximate surface area is 144 Å². The van der Waals surface area contributed by atoms with E-state index in [1.165, 1.54) is 10.6 Å². The minimum absolute atomic E-state index is 0.548. The molecule has 5 nitrogen and oxygen atoms in total. The molecule has 0 saturated heterocycles. The molecule has 0 amide bonds. The summed E-state index contributed by atoms with van der Waals surface area (Å²) >= 11 is 1.57. The Bertz CT molecular complexity index is 975. The van der Waals surface area contributed by atoms with Crippen LogP contribution in [0.5, 0.6) is 0 Å². The number of benzene rings is 1. The van der Waals surface area contributed by atoms with E-state index in [2.05, 4.69) is 11.1 Å². The molecule has 1 aromatic carbocycles. The van der Waals surface area contributed by atoms with Crippen molar-refractivity contribution in [3.63, 3.8) is 0 Å². The first-order valence-corrected chi connectivity index (χ1v) is 10.3. The van der Waals surface area contributed by atoms with Crippen molar-refractivity contribution in [2.45, 2.75) is 12.8 Å². The molecule has 24 heavy (non-hydrogen) atoms. The molecule has 1 aliphatic rings. The molecular weight excluding hydrogens is 344 g/mol. The van der Waals surface area contributed by atoms with E-state index in [1.54, 1.807) is 23.9 Å². The molecule has 0 radical (unpaired) electrons. The fourth-order valence-electron chi connectivity index (χ4n) is 2.99. The van der Waals surface area contributed by atoms with Gasteiger partial charge in [-0.1, -0.05) is 6.07 Å². The number of furan rings is 1. The maximum Gasteiger partial charge on any atom is 0.232 e. The zero-order chi connectivity index (χ0) is 16.7. The van der Waals surface area contributed by atoms with Gasteiger partial charge in [0.1, 0.15) is 11.3 Å². The highest BCUT2D eigenvalue weighted by atomic mass is 32.2. The van der Waals surface area contributed by atoms with Gasteiger partial charge >= 0.3 is 0 Å². The third-order valence-electron chi connectivity index (χ3n) is 4.12. The van der Waals surface area contributed by atoms with Crippen molar-refractivity contribution in [1.29, 1.82) is 0 Å². The number of thiazole rings is 1. The summed E-state index contributed by atoms with van der Waals surface area (Å²) in [6.45, 7) is 0.548. The fourth-order valence-corrected chi connectivity index (χ4v) is 4.80. The van der Waals surface area contributed by atoms with Gasteiger partial charge in [-0.2, -0.15) is 0 Å². The second kappa shape index (κ2) is 5.75. The molecular formula is C17H16N2O3S2. The first-order chi connectivity index (χ1) is 11.5. The van der Waals surface area contributed by atoms with Crippen LogP contribution in [0.4, 0.5) is 5.69 Å². The quantitative estimate of drug-likeness (QED) is 0.713. The highest BCUT2D eigenvalue weighted by molar-refractivity contribution is 7.92. The molecule has 0 spiro atoms. The van der Waals surface area contributed by atoms with Gasteiger partial charge in [0.15, 0.2) is 0 Å². The Morgan fingerprint density at radius 3 is 2.88 bits per heavy atom. The van der Waals surface area contributed by atoms with Gasteiger partial charge in [-0.3, -0.25) is 4.31 Å².